The van der Waals surface area contributed by atoms with Gasteiger partial charge in [0.05, 0.1) is 12.2 Å². The largest absolute Gasteiger partial charge is 0.330 e. The van der Waals surface area contributed by atoms with Gasteiger partial charge in [0.1, 0.15) is 5.82 Å². The quantitative estimate of drug-likeness (QED) is 0.739. The third-order valence-electron chi connectivity index (χ3n) is 4.02. The Labute approximate surface area is 156 Å². The number of anilines is 1. The number of benzene rings is 2. The maximum atomic E-state index is 13.1. The summed E-state index contributed by atoms with van der Waals surface area (Å²) in [6, 6.07) is 13.1. The number of nitrogens with zero attached hydrogens (tertiary/aromatic N) is 4. The van der Waals surface area contributed by atoms with E-state index in [1.54, 1.807) is 12.1 Å². The Kier molecular flexibility index (Phi) is 5.16. The molecule has 140 valence electrons. The molecule has 2 amide bonds. The Morgan fingerprint density at radius 3 is 2.37 bits per heavy atom. The Balaban J connectivity index is 1.60. The summed E-state index contributed by atoms with van der Waals surface area (Å²) in [5, 5.41) is 16.9. The van der Waals surface area contributed by atoms with Gasteiger partial charge in [-0.15, -0.1) is 5.10 Å². The molecule has 0 fully saturated rings. The maximum Gasteiger partial charge on any atom is 0.319 e. The fraction of sp³-hybridized carbons (Fsp3) is 0.263. The van der Waals surface area contributed by atoms with Gasteiger partial charge in [0, 0.05) is 5.69 Å². The minimum absolute atomic E-state index is 0.0538. The fourth-order valence-corrected chi connectivity index (χ4v) is 2.49. The van der Waals surface area contributed by atoms with Crippen LogP contribution >= 0.6 is 0 Å². The number of rotatable bonds is 4. The highest BCUT2D eigenvalue weighted by Gasteiger charge is 2.14. The Morgan fingerprint density at radius 1 is 1.07 bits per heavy atom. The van der Waals surface area contributed by atoms with Gasteiger partial charge in [-0.3, -0.25) is 0 Å². The number of halogens is 1. The lowest BCUT2D eigenvalue weighted by atomic mass is 9.87. The van der Waals surface area contributed by atoms with Crippen LogP contribution in [0.2, 0.25) is 0 Å². The van der Waals surface area contributed by atoms with E-state index in [0.29, 0.717) is 17.2 Å². The molecule has 1 heterocycles. The molecule has 0 spiro atoms. The molecule has 0 aliphatic heterocycles. The van der Waals surface area contributed by atoms with E-state index in [0.717, 1.165) is 0 Å². The van der Waals surface area contributed by atoms with Crippen molar-refractivity contribution < 1.29 is 9.18 Å². The lowest BCUT2D eigenvalue weighted by Gasteiger charge is -2.19. The zero-order chi connectivity index (χ0) is 19.4. The van der Waals surface area contributed by atoms with Crippen molar-refractivity contribution in [3.63, 3.8) is 0 Å². The molecule has 0 atom stereocenters. The first kappa shape index (κ1) is 18.5. The molecule has 3 aromatic rings. The van der Waals surface area contributed by atoms with Gasteiger partial charge in [-0.05, 0) is 57.8 Å². The molecule has 3 rings (SSSR count). The van der Waals surface area contributed by atoms with Crippen molar-refractivity contribution in [3.8, 4) is 5.69 Å². The topological polar surface area (TPSA) is 84.7 Å². The van der Waals surface area contributed by atoms with Gasteiger partial charge in [0.2, 0.25) is 0 Å². The number of aromatic nitrogens is 4. The first-order chi connectivity index (χ1) is 12.8. The summed E-state index contributed by atoms with van der Waals surface area (Å²) < 4.78 is 14.5. The normalized spacial score (nSPS) is 11.3. The standard InChI is InChI=1S/C19H21FN6O/c1-19(2,3)13-4-8-15(9-5-13)22-18(27)21-12-17-23-24-25-26(17)16-10-6-14(20)7-11-16/h4-11H,12H2,1-3H3,(H2,21,22,27). The van der Waals surface area contributed by atoms with Gasteiger partial charge in [-0.2, -0.15) is 4.68 Å². The monoisotopic (exact) mass is 368 g/mol. The molecule has 0 saturated carbocycles. The highest BCUT2D eigenvalue weighted by Crippen LogP contribution is 2.23. The van der Waals surface area contributed by atoms with E-state index >= 15 is 0 Å². The van der Waals surface area contributed by atoms with E-state index in [1.165, 1.54) is 22.4 Å². The summed E-state index contributed by atoms with van der Waals surface area (Å²) in [5.41, 5.74) is 2.54. The molecule has 7 nitrogen and oxygen atoms in total. The van der Waals surface area contributed by atoms with Crippen molar-refractivity contribution in [1.29, 1.82) is 0 Å². The summed E-state index contributed by atoms with van der Waals surface area (Å²) in [6.45, 7) is 6.52. The molecular formula is C19H21FN6O. The summed E-state index contributed by atoms with van der Waals surface area (Å²) in [4.78, 5) is 12.1. The zero-order valence-corrected chi connectivity index (χ0v) is 15.4. The first-order valence-corrected chi connectivity index (χ1v) is 8.51. The number of hydrogen-bond acceptors (Lipinski definition) is 4. The second-order valence-corrected chi connectivity index (χ2v) is 7.12. The molecule has 27 heavy (non-hydrogen) atoms. The van der Waals surface area contributed by atoms with Gasteiger partial charge >= 0.3 is 6.03 Å². The van der Waals surface area contributed by atoms with Crippen molar-refractivity contribution >= 4 is 11.7 Å². The molecule has 2 aromatic carbocycles. The van der Waals surface area contributed by atoms with Gasteiger partial charge < -0.3 is 10.6 Å². The van der Waals surface area contributed by atoms with Crippen molar-refractivity contribution in [2.24, 2.45) is 0 Å². The lowest BCUT2D eigenvalue weighted by molar-refractivity contribution is 0.251. The highest BCUT2D eigenvalue weighted by molar-refractivity contribution is 5.89. The minimum Gasteiger partial charge on any atom is -0.330 e. The SMILES string of the molecule is CC(C)(C)c1ccc(NC(=O)NCc2nnnn2-c2ccc(F)cc2)cc1. The van der Waals surface area contributed by atoms with E-state index in [-0.39, 0.29) is 23.8 Å². The van der Waals surface area contributed by atoms with E-state index in [2.05, 4.69) is 46.9 Å². The zero-order valence-electron chi connectivity index (χ0n) is 15.4. The van der Waals surface area contributed by atoms with E-state index in [4.69, 9.17) is 0 Å². The number of hydrogen-bond donors (Lipinski definition) is 2. The molecule has 2 N–H and O–H groups in total. The number of amides is 2. The summed E-state index contributed by atoms with van der Waals surface area (Å²) >= 11 is 0. The molecular weight excluding hydrogens is 347 g/mol. The molecule has 8 heteroatoms. The van der Waals surface area contributed by atoms with Crippen LogP contribution in [0.5, 0.6) is 0 Å². The first-order valence-electron chi connectivity index (χ1n) is 8.51. The van der Waals surface area contributed by atoms with Crippen LogP contribution in [-0.4, -0.2) is 26.2 Å². The highest BCUT2D eigenvalue weighted by atomic mass is 19.1. The second-order valence-electron chi connectivity index (χ2n) is 7.12. The number of tetrazole rings is 1. The van der Waals surface area contributed by atoms with E-state index in [9.17, 15) is 9.18 Å². The average Bonchev–Trinajstić information content (AvgIpc) is 3.09. The van der Waals surface area contributed by atoms with E-state index in [1.807, 2.05) is 24.3 Å². The predicted octanol–water partition coefficient (Wildman–Crippen LogP) is 3.42. The number of urea groups is 1. The smallest absolute Gasteiger partial charge is 0.319 e. The van der Waals surface area contributed by atoms with Crippen LogP contribution in [0.1, 0.15) is 32.2 Å². The van der Waals surface area contributed by atoms with Crippen LogP contribution in [0.15, 0.2) is 48.5 Å². The van der Waals surface area contributed by atoms with Crippen LogP contribution < -0.4 is 10.6 Å². The molecule has 0 saturated heterocycles. The lowest BCUT2D eigenvalue weighted by Crippen LogP contribution is -2.29. The second kappa shape index (κ2) is 7.53. The molecule has 0 aliphatic rings. The van der Waals surface area contributed by atoms with Gasteiger partial charge in [0.15, 0.2) is 5.82 Å². The Morgan fingerprint density at radius 2 is 1.74 bits per heavy atom. The predicted molar refractivity (Wildman–Crippen MR) is 100 cm³/mol. The number of nitrogens with one attached hydrogen (secondary N) is 2. The van der Waals surface area contributed by atoms with Crippen LogP contribution in [-0.2, 0) is 12.0 Å². The average molecular weight is 368 g/mol. The van der Waals surface area contributed by atoms with Crippen molar-refractivity contribution in [2.45, 2.75) is 32.7 Å². The van der Waals surface area contributed by atoms with Crippen molar-refractivity contribution in [2.75, 3.05) is 5.32 Å². The molecule has 1 aromatic heterocycles. The third kappa shape index (κ3) is 4.66. The summed E-state index contributed by atoms with van der Waals surface area (Å²) in [6.07, 6.45) is 0. The summed E-state index contributed by atoms with van der Waals surface area (Å²) in [5.74, 6) is 0.0863. The molecule has 0 unspecified atom stereocenters. The van der Waals surface area contributed by atoms with Crippen molar-refractivity contribution in [3.05, 3.63) is 65.7 Å². The molecule has 0 aliphatic carbocycles. The third-order valence-corrected chi connectivity index (χ3v) is 4.02. The Bertz CT molecular complexity index is 913. The van der Waals surface area contributed by atoms with Crippen LogP contribution in [0, 0.1) is 5.82 Å². The fourth-order valence-electron chi connectivity index (χ4n) is 2.49. The minimum atomic E-state index is -0.368. The van der Waals surface area contributed by atoms with Crippen LogP contribution in [0.4, 0.5) is 14.9 Å². The van der Waals surface area contributed by atoms with Gasteiger partial charge in [0.25, 0.3) is 0 Å². The van der Waals surface area contributed by atoms with E-state index < -0.39 is 0 Å². The molecule has 0 radical (unpaired) electrons. The summed E-state index contributed by atoms with van der Waals surface area (Å²) in [7, 11) is 0. The van der Waals surface area contributed by atoms with Gasteiger partial charge in [-0.1, -0.05) is 32.9 Å². The number of carbonyl (C=O) groups excluding carboxylic acids is 1. The Hall–Kier alpha value is -3.29. The molecule has 0 bridgehead atoms. The number of carbonyl (C=O) groups is 1. The van der Waals surface area contributed by atoms with Crippen molar-refractivity contribution in [1.82, 2.24) is 25.5 Å². The maximum absolute atomic E-state index is 13.1. The van der Waals surface area contributed by atoms with Gasteiger partial charge in [-0.25, -0.2) is 9.18 Å². The van der Waals surface area contributed by atoms with Crippen LogP contribution in [0.25, 0.3) is 5.69 Å². The van der Waals surface area contributed by atoms with Crippen LogP contribution in [0.3, 0.4) is 0 Å².